The molecule has 2 aliphatic rings. The van der Waals surface area contributed by atoms with Crippen molar-refractivity contribution in [2.45, 2.75) is 38.6 Å². The van der Waals surface area contributed by atoms with Gasteiger partial charge in [-0.1, -0.05) is 23.2 Å². The van der Waals surface area contributed by atoms with Gasteiger partial charge in [0, 0.05) is 29.1 Å². The van der Waals surface area contributed by atoms with Crippen molar-refractivity contribution in [3.05, 3.63) is 33.3 Å². The molecule has 0 atom stereocenters. The summed E-state index contributed by atoms with van der Waals surface area (Å²) in [6, 6.07) is 3.64. The minimum atomic E-state index is -0.744. The maximum Gasteiger partial charge on any atom is 0.306 e. The molecule has 1 aromatic carbocycles. The molecule has 1 saturated carbocycles. The molecule has 0 spiro atoms. The van der Waals surface area contributed by atoms with Crippen molar-refractivity contribution in [1.29, 1.82) is 0 Å². The van der Waals surface area contributed by atoms with Crippen molar-refractivity contribution in [3.8, 4) is 0 Å². The van der Waals surface area contributed by atoms with Crippen LogP contribution in [0, 0.1) is 11.8 Å². The number of carboxylic acids is 1. The molecule has 1 heterocycles. The van der Waals surface area contributed by atoms with Gasteiger partial charge in [0.25, 0.3) is 0 Å². The SMILES string of the molecule is O=C(O)C1CCC(C(=O)N2CCc3cc(Cl)cc(Cl)c3C2)CC1. The van der Waals surface area contributed by atoms with E-state index in [9.17, 15) is 9.59 Å². The molecular formula is C17H19Cl2NO3. The molecule has 0 aromatic heterocycles. The Morgan fingerprint density at radius 1 is 1.09 bits per heavy atom. The molecule has 1 fully saturated rings. The van der Waals surface area contributed by atoms with Crippen LogP contribution in [0.2, 0.25) is 10.0 Å². The molecule has 124 valence electrons. The molecule has 6 heteroatoms. The summed E-state index contributed by atoms with van der Waals surface area (Å²) in [5.74, 6) is -0.965. The van der Waals surface area contributed by atoms with Crippen LogP contribution in [0.5, 0.6) is 0 Å². The van der Waals surface area contributed by atoms with E-state index in [-0.39, 0.29) is 17.7 Å². The lowest BCUT2D eigenvalue weighted by molar-refractivity contribution is -0.146. The predicted octanol–water partition coefficient (Wildman–Crippen LogP) is 3.77. The highest BCUT2D eigenvalue weighted by molar-refractivity contribution is 6.35. The molecule has 23 heavy (non-hydrogen) atoms. The van der Waals surface area contributed by atoms with Crippen molar-refractivity contribution in [3.63, 3.8) is 0 Å². The summed E-state index contributed by atoms with van der Waals surface area (Å²) in [7, 11) is 0. The second-order valence-electron chi connectivity index (χ2n) is 6.42. The van der Waals surface area contributed by atoms with Crippen LogP contribution in [0.1, 0.15) is 36.8 Å². The standard InChI is InChI=1S/C17H19Cl2NO3/c18-13-7-12-5-6-20(9-14(12)15(19)8-13)16(21)10-1-3-11(4-2-10)17(22)23/h7-8,10-11H,1-6,9H2,(H,22,23). The number of hydrogen-bond donors (Lipinski definition) is 1. The lowest BCUT2D eigenvalue weighted by Crippen LogP contribution is -2.41. The molecular weight excluding hydrogens is 337 g/mol. The quantitative estimate of drug-likeness (QED) is 0.878. The number of carbonyl (C=O) groups excluding carboxylic acids is 1. The Morgan fingerprint density at radius 2 is 1.74 bits per heavy atom. The first-order valence-electron chi connectivity index (χ1n) is 7.94. The van der Waals surface area contributed by atoms with E-state index in [1.807, 2.05) is 11.0 Å². The lowest BCUT2D eigenvalue weighted by atomic mass is 9.81. The monoisotopic (exact) mass is 355 g/mol. The third-order valence-corrected chi connectivity index (χ3v) is 5.55. The van der Waals surface area contributed by atoms with Gasteiger partial charge in [-0.2, -0.15) is 0 Å². The summed E-state index contributed by atoms with van der Waals surface area (Å²) in [6.45, 7) is 1.18. The zero-order chi connectivity index (χ0) is 16.6. The molecule has 0 radical (unpaired) electrons. The highest BCUT2D eigenvalue weighted by Gasteiger charge is 2.33. The van der Waals surface area contributed by atoms with Gasteiger partial charge in [-0.25, -0.2) is 0 Å². The smallest absolute Gasteiger partial charge is 0.306 e. The van der Waals surface area contributed by atoms with Crippen LogP contribution < -0.4 is 0 Å². The Balaban J connectivity index is 1.67. The normalized spacial score (nSPS) is 24.2. The molecule has 0 unspecified atom stereocenters. The third kappa shape index (κ3) is 3.48. The van der Waals surface area contributed by atoms with E-state index in [4.69, 9.17) is 28.3 Å². The average Bonchev–Trinajstić information content (AvgIpc) is 2.54. The second kappa shape index (κ2) is 6.70. The first-order valence-corrected chi connectivity index (χ1v) is 8.69. The Labute approximate surface area is 145 Å². The van der Waals surface area contributed by atoms with Gasteiger partial charge in [0.05, 0.1) is 5.92 Å². The van der Waals surface area contributed by atoms with Gasteiger partial charge in [-0.05, 0) is 55.4 Å². The van der Waals surface area contributed by atoms with Crippen molar-refractivity contribution < 1.29 is 14.7 Å². The van der Waals surface area contributed by atoms with Crippen molar-refractivity contribution in [2.24, 2.45) is 11.8 Å². The summed E-state index contributed by atoms with van der Waals surface area (Å²) < 4.78 is 0. The molecule has 1 aliphatic heterocycles. The highest BCUT2D eigenvalue weighted by atomic mass is 35.5. The van der Waals surface area contributed by atoms with E-state index in [0.29, 0.717) is 48.8 Å². The molecule has 0 bridgehead atoms. The Bertz CT molecular complexity index is 639. The van der Waals surface area contributed by atoms with Crippen LogP contribution in [0.4, 0.5) is 0 Å². The molecule has 4 nitrogen and oxygen atoms in total. The van der Waals surface area contributed by atoms with E-state index in [2.05, 4.69) is 0 Å². The number of amides is 1. The molecule has 0 saturated heterocycles. The summed E-state index contributed by atoms with van der Waals surface area (Å²) >= 11 is 12.3. The average molecular weight is 356 g/mol. The predicted molar refractivity (Wildman–Crippen MR) is 88.7 cm³/mol. The van der Waals surface area contributed by atoms with Crippen LogP contribution in [-0.2, 0) is 22.6 Å². The number of carbonyl (C=O) groups is 2. The second-order valence-corrected chi connectivity index (χ2v) is 7.27. The zero-order valence-corrected chi connectivity index (χ0v) is 14.2. The van der Waals surface area contributed by atoms with Crippen LogP contribution >= 0.6 is 23.2 Å². The van der Waals surface area contributed by atoms with Crippen LogP contribution in [-0.4, -0.2) is 28.4 Å². The van der Waals surface area contributed by atoms with E-state index >= 15 is 0 Å². The largest absolute Gasteiger partial charge is 0.481 e. The first-order chi connectivity index (χ1) is 11.0. The molecule has 1 aliphatic carbocycles. The van der Waals surface area contributed by atoms with Gasteiger partial charge < -0.3 is 10.0 Å². The van der Waals surface area contributed by atoms with Gasteiger partial charge in [-0.15, -0.1) is 0 Å². The Morgan fingerprint density at radius 3 is 2.39 bits per heavy atom. The number of aliphatic carboxylic acids is 1. The van der Waals surface area contributed by atoms with Gasteiger partial charge in [0.15, 0.2) is 0 Å². The van der Waals surface area contributed by atoms with Crippen LogP contribution in [0.25, 0.3) is 0 Å². The van der Waals surface area contributed by atoms with Crippen LogP contribution in [0.15, 0.2) is 12.1 Å². The fraction of sp³-hybridized carbons (Fsp3) is 0.529. The summed E-state index contributed by atoms with van der Waals surface area (Å²) in [5.41, 5.74) is 2.09. The highest BCUT2D eigenvalue weighted by Crippen LogP contribution is 2.34. The number of fused-ring (bicyclic) bond motifs is 1. The van der Waals surface area contributed by atoms with E-state index < -0.39 is 5.97 Å². The molecule has 3 rings (SSSR count). The first kappa shape index (κ1) is 16.6. The minimum Gasteiger partial charge on any atom is -0.481 e. The summed E-state index contributed by atoms with van der Waals surface area (Å²) in [6.07, 6.45) is 3.26. The van der Waals surface area contributed by atoms with Gasteiger partial charge in [0.1, 0.15) is 0 Å². The van der Waals surface area contributed by atoms with Crippen molar-refractivity contribution in [1.82, 2.24) is 4.90 Å². The number of nitrogens with zero attached hydrogens (tertiary/aromatic N) is 1. The number of halogens is 2. The summed E-state index contributed by atoms with van der Waals surface area (Å²) in [4.78, 5) is 25.6. The summed E-state index contributed by atoms with van der Waals surface area (Å²) in [5, 5.41) is 10.3. The number of hydrogen-bond acceptors (Lipinski definition) is 2. The zero-order valence-electron chi connectivity index (χ0n) is 12.7. The van der Waals surface area contributed by atoms with Crippen molar-refractivity contribution >= 4 is 35.1 Å². The third-order valence-electron chi connectivity index (χ3n) is 4.99. The fourth-order valence-corrected chi connectivity index (χ4v) is 4.21. The number of benzene rings is 1. The lowest BCUT2D eigenvalue weighted by Gasteiger charge is -2.34. The van der Waals surface area contributed by atoms with E-state index in [0.717, 1.165) is 17.5 Å². The van der Waals surface area contributed by atoms with Gasteiger partial charge >= 0.3 is 5.97 Å². The number of carboxylic acid groups (broad SMARTS) is 1. The van der Waals surface area contributed by atoms with Gasteiger partial charge in [-0.3, -0.25) is 9.59 Å². The van der Waals surface area contributed by atoms with E-state index in [1.54, 1.807) is 6.07 Å². The maximum atomic E-state index is 12.7. The topological polar surface area (TPSA) is 57.6 Å². The number of rotatable bonds is 2. The van der Waals surface area contributed by atoms with Gasteiger partial charge in [0.2, 0.25) is 5.91 Å². The van der Waals surface area contributed by atoms with Crippen LogP contribution in [0.3, 0.4) is 0 Å². The molecule has 1 N–H and O–H groups in total. The fourth-order valence-electron chi connectivity index (χ4n) is 3.62. The Hall–Kier alpha value is -1.26. The molecule has 1 aromatic rings. The van der Waals surface area contributed by atoms with E-state index in [1.165, 1.54) is 0 Å². The van der Waals surface area contributed by atoms with Crippen molar-refractivity contribution in [2.75, 3.05) is 6.54 Å². The Kier molecular flexibility index (Phi) is 4.83. The molecule has 1 amide bonds. The minimum absolute atomic E-state index is 0.0572. The maximum absolute atomic E-state index is 12.7.